The maximum atomic E-state index is 6.60. The van der Waals surface area contributed by atoms with Crippen LogP contribution in [0, 0.1) is 0 Å². The molecule has 1 nitrogen and oxygen atoms in total. The molecule has 1 atom stereocenters. The molecule has 19 heavy (non-hydrogen) atoms. The van der Waals surface area contributed by atoms with E-state index in [0.717, 1.165) is 19.3 Å². The highest BCUT2D eigenvalue weighted by Crippen LogP contribution is 2.37. The van der Waals surface area contributed by atoms with Gasteiger partial charge in [0.1, 0.15) is 0 Å². The molecule has 0 radical (unpaired) electrons. The molecule has 0 heterocycles. The third-order valence-electron chi connectivity index (χ3n) is 3.76. The summed E-state index contributed by atoms with van der Waals surface area (Å²) < 4.78 is 0. The normalized spacial score (nSPS) is 20.1. The predicted octanol–water partition coefficient (Wildman–Crippen LogP) is 3.87. The molecule has 0 saturated carbocycles. The standard InChI is InChI=1S/C16H17N.2ClH/c17-16(12-13-6-2-1-3-7-13)11-10-14-8-4-5-9-15(14)16;;/h1-9H,10-12,17H2;2*1H. The van der Waals surface area contributed by atoms with Gasteiger partial charge in [0, 0.05) is 5.54 Å². The Kier molecular flexibility index (Phi) is 5.42. The van der Waals surface area contributed by atoms with Gasteiger partial charge in [-0.05, 0) is 36.0 Å². The lowest BCUT2D eigenvalue weighted by atomic mass is 9.86. The highest BCUT2D eigenvalue weighted by molar-refractivity contribution is 5.85. The summed E-state index contributed by atoms with van der Waals surface area (Å²) in [5, 5.41) is 0. The topological polar surface area (TPSA) is 26.0 Å². The fraction of sp³-hybridized carbons (Fsp3) is 0.250. The molecule has 0 aliphatic heterocycles. The van der Waals surface area contributed by atoms with Crippen LogP contribution in [0.5, 0.6) is 0 Å². The van der Waals surface area contributed by atoms with Crippen LogP contribution < -0.4 is 5.73 Å². The van der Waals surface area contributed by atoms with Gasteiger partial charge in [-0.25, -0.2) is 0 Å². The number of benzene rings is 2. The molecule has 2 aromatic carbocycles. The van der Waals surface area contributed by atoms with Crippen LogP contribution in [-0.2, 0) is 18.4 Å². The number of halogens is 2. The molecule has 0 fully saturated rings. The lowest BCUT2D eigenvalue weighted by Crippen LogP contribution is -2.36. The molecule has 1 aliphatic rings. The predicted molar refractivity (Wildman–Crippen MR) is 85.3 cm³/mol. The van der Waals surface area contributed by atoms with E-state index in [1.165, 1.54) is 16.7 Å². The maximum Gasteiger partial charge on any atom is 0.0456 e. The Balaban J connectivity index is 0.000000902. The van der Waals surface area contributed by atoms with E-state index in [9.17, 15) is 0 Å². The lowest BCUT2D eigenvalue weighted by molar-refractivity contribution is 0.439. The van der Waals surface area contributed by atoms with Crippen LogP contribution in [-0.4, -0.2) is 0 Å². The number of nitrogens with two attached hydrogens (primary N) is 1. The van der Waals surface area contributed by atoms with Gasteiger partial charge < -0.3 is 5.73 Å². The van der Waals surface area contributed by atoms with Crippen LogP contribution >= 0.6 is 24.8 Å². The summed E-state index contributed by atoms with van der Waals surface area (Å²) in [5.74, 6) is 0. The first kappa shape index (κ1) is 16.0. The minimum Gasteiger partial charge on any atom is -0.321 e. The molecule has 0 saturated heterocycles. The van der Waals surface area contributed by atoms with Crippen LogP contribution in [0.15, 0.2) is 54.6 Å². The summed E-state index contributed by atoms with van der Waals surface area (Å²) in [7, 11) is 0. The fourth-order valence-corrected chi connectivity index (χ4v) is 2.86. The molecule has 0 aromatic heterocycles. The second kappa shape index (κ2) is 6.42. The number of rotatable bonds is 2. The summed E-state index contributed by atoms with van der Waals surface area (Å²) in [6, 6.07) is 19.1. The first-order valence-electron chi connectivity index (χ1n) is 6.19. The highest BCUT2D eigenvalue weighted by Gasteiger charge is 2.34. The van der Waals surface area contributed by atoms with Crippen LogP contribution in [0.1, 0.15) is 23.1 Å². The first-order chi connectivity index (χ1) is 8.28. The Labute approximate surface area is 127 Å². The molecule has 1 unspecified atom stereocenters. The zero-order valence-electron chi connectivity index (χ0n) is 10.7. The van der Waals surface area contributed by atoms with Crippen molar-refractivity contribution in [3.63, 3.8) is 0 Å². The SMILES string of the molecule is Cl.Cl.NC1(Cc2ccccc2)CCc2ccccc21. The van der Waals surface area contributed by atoms with Gasteiger partial charge in [-0.1, -0.05) is 54.6 Å². The van der Waals surface area contributed by atoms with Gasteiger partial charge in [0.05, 0.1) is 0 Å². The maximum absolute atomic E-state index is 6.60. The van der Waals surface area contributed by atoms with E-state index in [2.05, 4.69) is 54.6 Å². The van der Waals surface area contributed by atoms with E-state index in [1.807, 2.05) is 0 Å². The van der Waals surface area contributed by atoms with Gasteiger partial charge in [-0.2, -0.15) is 0 Å². The van der Waals surface area contributed by atoms with E-state index in [4.69, 9.17) is 5.73 Å². The van der Waals surface area contributed by atoms with Crippen molar-refractivity contribution in [1.29, 1.82) is 0 Å². The Morgan fingerprint density at radius 1 is 0.895 bits per heavy atom. The number of aryl methyl sites for hydroxylation is 1. The van der Waals surface area contributed by atoms with E-state index < -0.39 is 0 Å². The smallest absolute Gasteiger partial charge is 0.0456 e. The van der Waals surface area contributed by atoms with Crippen LogP contribution in [0.3, 0.4) is 0 Å². The monoisotopic (exact) mass is 295 g/mol. The second-order valence-corrected chi connectivity index (χ2v) is 4.98. The molecule has 2 aromatic rings. The van der Waals surface area contributed by atoms with Crippen LogP contribution in [0.2, 0.25) is 0 Å². The minimum atomic E-state index is -0.169. The van der Waals surface area contributed by atoms with Gasteiger partial charge in [-0.3, -0.25) is 0 Å². The van der Waals surface area contributed by atoms with Gasteiger partial charge in [-0.15, -0.1) is 24.8 Å². The van der Waals surface area contributed by atoms with Gasteiger partial charge in [0.2, 0.25) is 0 Å². The Morgan fingerprint density at radius 2 is 1.53 bits per heavy atom. The zero-order valence-corrected chi connectivity index (χ0v) is 12.3. The van der Waals surface area contributed by atoms with Crippen molar-refractivity contribution in [3.8, 4) is 0 Å². The molecule has 0 amide bonds. The number of hydrogen-bond donors (Lipinski definition) is 1. The Hall–Kier alpha value is -1.02. The molecule has 2 N–H and O–H groups in total. The molecule has 3 rings (SSSR count). The van der Waals surface area contributed by atoms with Crippen molar-refractivity contribution in [1.82, 2.24) is 0 Å². The third kappa shape index (κ3) is 3.11. The van der Waals surface area contributed by atoms with E-state index in [-0.39, 0.29) is 30.4 Å². The quantitative estimate of drug-likeness (QED) is 0.894. The van der Waals surface area contributed by atoms with Crippen molar-refractivity contribution < 1.29 is 0 Å². The van der Waals surface area contributed by atoms with E-state index in [1.54, 1.807) is 0 Å². The fourth-order valence-electron chi connectivity index (χ4n) is 2.86. The molecular formula is C16H19Cl2N. The zero-order chi connectivity index (χ0) is 11.7. The average molecular weight is 296 g/mol. The molecule has 1 aliphatic carbocycles. The molecule has 0 bridgehead atoms. The third-order valence-corrected chi connectivity index (χ3v) is 3.76. The Bertz CT molecular complexity index is 527. The number of fused-ring (bicyclic) bond motifs is 1. The molecule has 102 valence electrons. The average Bonchev–Trinajstić information content (AvgIpc) is 2.69. The van der Waals surface area contributed by atoms with E-state index in [0.29, 0.717) is 0 Å². The Morgan fingerprint density at radius 3 is 2.26 bits per heavy atom. The van der Waals surface area contributed by atoms with Crippen molar-refractivity contribution in [3.05, 3.63) is 71.3 Å². The number of hydrogen-bond acceptors (Lipinski definition) is 1. The van der Waals surface area contributed by atoms with Crippen molar-refractivity contribution in [2.45, 2.75) is 24.8 Å². The molecule has 0 spiro atoms. The molecule has 3 heteroatoms. The van der Waals surface area contributed by atoms with Crippen molar-refractivity contribution in [2.75, 3.05) is 0 Å². The largest absolute Gasteiger partial charge is 0.321 e. The minimum absolute atomic E-state index is 0. The van der Waals surface area contributed by atoms with E-state index >= 15 is 0 Å². The summed E-state index contributed by atoms with van der Waals surface area (Å²) >= 11 is 0. The summed E-state index contributed by atoms with van der Waals surface area (Å²) in [4.78, 5) is 0. The van der Waals surface area contributed by atoms with Crippen molar-refractivity contribution >= 4 is 24.8 Å². The highest BCUT2D eigenvalue weighted by atomic mass is 35.5. The second-order valence-electron chi connectivity index (χ2n) is 4.98. The van der Waals surface area contributed by atoms with Gasteiger partial charge >= 0.3 is 0 Å². The van der Waals surface area contributed by atoms with Crippen molar-refractivity contribution in [2.24, 2.45) is 5.73 Å². The van der Waals surface area contributed by atoms with Crippen LogP contribution in [0.25, 0.3) is 0 Å². The summed E-state index contributed by atoms with van der Waals surface area (Å²) in [6.45, 7) is 0. The summed E-state index contributed by atoms with van der Waals surface area (Å²) in [6.07, 6.45) is 3.10. The first-order valence-corrected chi connectivity index (χ1v) is 6.19. The van der Waals surface area contributed by atoms with Crippen LogP contribution in [0.4, 0.5) is 0 Å². The summed E-state index contributed by atoms with van der Waals surface area (Å²) in [5.41, 5.74) is 10.5. The van der Waals surface area contributed by atoms with Gasteiger partial charge in [0.25, 0.3) is 0 Å². The lowest BCUT2D eigenvalue weighted by Gasteiger charge is -2.25. The molecular weight excluding hydrogens is 277 g/mol. The van der Waals surface area contributed by atoms with Gasteiger partial charge in [0.15, 0.2) is 0 Å².